The molecule has 0 bridgehead atoms. The lowest BCUT2D eigenvalue weighted by atomic mass is 10.2. The van der Waals surface area contributed by atoms with E-state index in [1.165, 1.54) is 0 Å². The van der Waals surface area contributed by atoms with E-state index in [-0.39, 0.29) is 0 Å². The van der Waals surface area contributed by atoms with Gasteiger partial charge in [-0.25, -0.2) is 0 Å². The van der Waals surface area contributed by atoms with Crippen LogP contribution in [-0.2, 0) is 0 Å². The van der Waals surface area contributed by atoms with E-state index in [9.17, 15) is 0 Å². The van der Waals surface area contributed by atoms with Gasteiger partial charge in [0.25, 0.3) is 0 Å². The molecule has 1 aliphatic heterocycles. The van der Waals surface area contributed by atoms with E-state index < -0.39 is 0 Å². The van der Waals surface area contributed by atoms with Gasteiger partial charge in [-0.05, 0) is 7.05 Å². The molecular weight excluding hydrogens is 132 g/mol. The number of thiol groups is 1. The van der Waals surface area contributed by atoms with Gasteiger partial charge in [0.05, 0.1) is 0 Å². The van der Waals surface area contributed by atoms with Crippen molar-refractivity contribution in [2.75, 3.05) is 32.4 Å². The first-order chi connectivity index (χ1) is 4.34. The zero-order chi connectivity index (χ0) is 6.69. The highest BCUT2D eigenvalue weighted by molar-refractivity contribution is 7.80. The summed E-state index contributed by atoms with van der Waals surface area (Å²) in [6.45, 7) is 3.38. The molecule has 1 saturated heterocycles. The highest BCUT2D eigenvalue weighted by atomic mass is 32.1. The summed E-state index contributed by atoms with van der Waals surface area (Å²) < 4.78 is 0. The number of rotatable bonds is 1. The molecule has 1 heterocycles. The topological polar surface area (TPSA) is 15.3 Å². The van der Waals surface area contributed by atoms with E-state index >= 15 is 0 Å². The average molecular weight is 146 g/mol. The molecular formula is C6H14N2S. The Kier molecular flexibility index (Phi) is 2.82. The van der Waals surface area contributed by atoms with E-state index in [1.807, 2.05) is 0 Å². The van der Waals surface area contributed by atoms with Crippen LogP contribution in [0.15, 0.2) is 0 Å². The first-order valence-corrected chi connectivity index (χ1v) is 3.99. The quantitative estimate of drug-likeness (QED) is 0.499. The summed E-state index contributed by atoms with van der Waals surface area (Å²) in [5.74, 6) is 0.962. The Labute approximate surface area is 62.0 Å². The Balaban J connectivity index is 2.30. The lowest BCUT2D eigenvalue weighted by Crippen LogP contribution is -2.50. The van der Waals surface area contributed by atoms with Crippen LogP contribution < -0.4 is 5.32 Å². The van der Waals surface area contributed by atoms with Gasteiger partial charge in [0.2, 0.25) is 0 Å². The van der Waals surface area contributed by atoms with Crippen molar-refractivity contribution in [3.63, 3.8) is 0 Å². The van der Waals surface area contributed by atoms with Gasteiger partial charge < -0.3 is 10.2 Å². The maximum atomic E-state index is 4.24. The molecule has 0 aromatic rings. The number of nitrogens with zero attached hydrogens (tertiary/aromatic N) is 1. The summed E-state index contributed by atoms with van der Waals surface area (Å²) in [6, 6.07) is 0.641. The van der Waals surface area contributed by atoms with Crippen LogP contribution in [-0.4, -0.2) is 43.4 Å². The molecule has 54 valence electrons. The van der Waals surface area contributed by atoms with Crippen LogP contribution in [0.5, 0.6) is 0 Å². The lowest BCUT2D eigenvalue weighted by Gasteiger charge is -2.31. The standard InChI is InChI=1S/C6H14N2S/c1-8-3-2-7-4-6(8)5-9/h6-7,9H,2-5H2,1H3. The number of nitrogens with one attached hydrogen (secondary N) is 1. The van der Waals surface area contributed by atoms with Crippen LogP contribution in [0.4, 0.5) is 0 Å². The van der Waals surface area contributed by atoms with Crippen LogP contribution in [0.3, 0.4) is 0 Å². The number of likely N-dealkylation sites (N-methyl/N-ethyl adjacent to an activating group) is 1. The van der Waals surface area contributed by atoms with Gasteiger partial charge >= 0.3 is 0 Å². The largest absolute Gasteiger partial charge is 0.314 e. The van der Waals surface area contributed by atoms with Gasteiger partial charge in [0.15, 0.2) is 0 Å². The fourth-order valence-electron chi connectivity index (χ4n) is 1.07. The molecule has 1 atom stereocenters. The fraction of sp³-hybridized carbons (Fsp3) is 1.00. The van der Waals surface area contributed by atoms with Crippen LogP contribution in [0.25, 0.3) is 0 Å². The van der Waals surface area contributed by atoms with Crippen LogP contribution in [0.2, 0.25) is 0 Å². The van der Waals surface area contributed by atoms with E-state index in [0.717, 1.165) is 25.4 Å². The second kappa shape index (κ2) is 3.44. The summed E-state index contributed by atoms with van der Waals surface area (Å²) >= 11 is 4.24. The van der Waals surface area contributed by atoms with E-state index in [4.69, 9.17) is 0 Å². The highest BCUT2D eigenvalue weighted by Crippen LogP contribution is 2.00. The summed E-state index contributed by atoms with van der Waals surface area (Å²) in [5.41, 5.74) is 0. The minimum absolute atomic E-state index is 0.641. The number of hydrogen-bond donors (Lipinski definition) is 2. The molecule has 0 radical (unpaired) electrons. The molecule has 0 amide bonds. The van der Waals surface area contributed by atoms with Gasteiger partial charge in [-0.15, -0.1) is 0 Å². The Hall–Kier alpha value is 0.270. The average Bonchev–Trinajstić information content (AvgIpc) is 1.89. The maximum Gasteiger partial charge on any atom is 0.0306 e. The molecule has 0 spiro atoms. The van der Waals surface area contributed by atoms with Crippen LogP contribution in [0, 0.1) is 0 Å². The molecule has 1 aliphatic rings. The van der Waals surface area contributed by atoms with Crippen molar-refractivity contribution in [2.45, 2.75) is 6.04 Å². The molecule has 0 aromatic heterocycles. The Morgan fingerprint density at radius 1 is 1.78 bits per heavy atom. The summed E-state index contributed by atoms with van der Waals surface area (Å²) in [4.78, 5) is 2.35. The first-order valence-electron chi connectivity index (χ1n) is 3.36. The van der Waals surface area contributed by atoms with Gasteiger partial charge in [-0.3, -0.25) is 0 Å². The van der Waals surface area contributed by atoms with Crippen LogP contribution >= 0.6 is 12.6 Å². The van der Waals surface area contributed by atoms with Crippen molar-refractivity contribution in [1.82, 2.24) is 10.2 Å². The molecule has 0 saturated carbocycles. The van der Waals surface area contributed by atoms with Crippen LogP contribution in [0.1, 0.15) is 0 Å². The van der Waals surface area contributed by atoms with Crippen molar-refractivity contribution >= 4 is 12.6 Å². The van der Waals surface area contributed by atoms with Gasteiger partial charge in [-0.1, -0.05) is 0 Å². The molecule has 9 heavy (non-hydrogen) atoms. The third-order valence-electron chi connectivity index (χ3n) is 1.86. The zero-order valence-corrected chi connectivity index (χ0v) is 6.69. The molecule has 0 aromatic carbocycles. The molecule has 1 unspecified atom stereocenters. The Bertz CT molecular complexity index is 87.1. The Morgan fingerprint density at radius 3 is 3.00 bits per heavy atom. The molecule has 3 heteroatoms. The smallest absolute Gasteiger partial charge is 0.0306 e. The highest BCUT2D eigenvalue weighted by Gasteiger charge is 2.15. The fourth-order valence-corrected chi connectivity index (χ4v) is 1.47. The van der Waals surface area contributed by atoms with Crippen molar-refractivity contribution in [1.29, 1.82) is 0 Å². The Morgan fingerprint density at radius 2 is 2.56 bits per heavy atom. The van der Waals surface area contributed by atoms with E-state index in [1.54, 1.807) is 0 Å². The van der Waals surface area contributed by atoms with Gasteiger partial charge in [0, 0.05) is 31.4 Å². The van der Waals surface area contributed by atoms with Crippen molar-refractivity contribution in [3.05, 3.63) is 0 Å². The van der Waals surface area contributed by atoms with Gasteiger partial charge in [0.1, 0.15) is 0 Å². The first kappa shape index (κ1) is 7.38. The summed E-state index contributed by atoms with van der Waals surface area (Å²) in [6.07, 6.45) is 0. The lowest BCUT2D eigenvalue weighted by molar-refractivity contribution is 0.219. The molecule has 1 fully saturated rings. The maximum absolute atomic E-state index is 4.24. The predicted octanol–water partition coefficient (Wildman–Crippen LogP) is -0.180. The minimum Gasteiger partial charge on any atom is -0.314 e. The molecule has 0 aliphatic carbocycles. The second-order valence-corrected chi connectivity index (χ2v) is 2.89. The number of hydrogen-bond acceptors (Lipinski definition) is 3. The molecule has 2 nitrogen and oxygen atoms in total. The van der Waals surface area contributed by atoms with Crippen molar-refractivity contribution < 1.29 is 0 Å². The van der Waals surface area contributed by atoms with Crippen molar-refractivity contribution in [2.24, 2.45) is 0 Å². The van der Waals surface area contributed by atoms with E-state index in [0.29, 0.717) is 6.04 Å². The van der Waals surface area contributed by atoms with E-state index in [2.05, 4.69) is 29.9 Å². The zero-order valence-electron chi connectivity index (χ0n) is 5.80. The monoisotopic (exact) mass is 146 g/mol. The normalized spacial score (nSPS) is 30.7. The second-order valence-electron chi connectivity index (χ2n) is 2.52. The van der Waals surface area contributed by atoms with Gasteiger partial charge in [-0.2, -0.15) is 12.6 Å². The minimum atomic E-state index is 0.641. The SMILES string of the molecule is CN1CCNCC1CS. The number of piperazine rings is 1. The molecule has 1 rings (SSSR count). The third-order valence-corrected chi connectivity index (χ3v) is 2.28. The van der Waals surface area contributed by atoms with Crippen molar-refractivity contribution in [3.8, 4) is 0 Å². The summed E-state index contributed by atoms with van der Waals surface area (Å²) in [7, 11) is 2.15. The molecule has 1 N–H and O–H groups in total. The third kappa shape index (κ3) is 1.85. The summed E-state index contributed by atoms with van der Waals surface area (Å²) in [5, 5.41) is 3.33. The predicted molar refractivity (Wildman–Crippen MR) is 43.1 cm³/mol.